The minimum absolute atomic E-state index is 0.155. The van der Waals surface area contributed by atoms with Crippen molar-refractivity contribution in [2.75, 3.05) is 7.11 Å². The molecule has 18 heavy (non-hydrogen) atoms. The molecule has 0 aliphatic carbocycles. The van der Waals surface area contributed by atoms with Crippen LogP contribution in [0.25, 0.3) is 0 Å². The molecule has 102 valence electrons. The third-order valence-corrected chi connectivity index (χ3v) is 4.02. The normalized spacial score (nSPS) is 12.4. The molecule has 0 aromatic carbocycles. The van der Waals surface area contributed by atoms with Gasteiger partial charge in [0.15, 0.2) is 0 Å². The molecule has 0 aliphatic heterocycles. The Kier molecular flexibility index (Phi) is 6.98. The van der Waals surface area contributed by atoms with Gasteiger partial charge in [-0.2, -0.15) is 0 Å². The van der Waals surface area contributed by atoms with Crippen molar-refractivity contribution in [3.05, 3.63) is 21.9 Å². The van der Waals surface area contributed by atoms with E-state index in [0.29, 0.717) is 0 Å². The van der Waals surface area contributed by atoms with Crippen molar-refractivity contribution in [2.24, 2.45) is 0 Å². The molecule has 1 aromatic heterocycles. The molecule has 4 heteroatoms. The molecule has 0 bridgehead atoms. The molecule has 1 aromatic rings. The number of aryl methyl sites for hydroxylation is 1. The maximum atomic E-state index is 11.7. The highest BCUT2D eigenvalue weighted by Crippen LogP contribution is 2.17. The summed E-state index contributed by atoms with van der Waals surface area (Å²) in [5.41, 5.74) is 1.37. The number of nitrogens with one attached hydrogen (secondary N) is 1. The van der Waals surface area contributed by atoms with Crippen molar-refractivity contribution in [3.63, 3.8) is 0 Å². The van der Waals surface area contributed by atoms with E-state index in [1.165, 1.54) is 17.6 Å². The number of hydrogen-bond acceptors (Lipinski definition) is 4. The summed E-state index contributed by atoms with van der Waals surface area (Å²) in [6.07, 6.45) is 4.01. The second-order valence-electron chi connectivity index (χ2n) is 4.32. The Morgan fingerprint density at radius 3 is 2.89 bits per heavy atom. The van der Waals surface area contributed by atoms with E-state index in [4.69, 9.17) is 4.74 Å². The van der Waals surface area contributed by atoms with Crippen LogP contribution in [0.15, 0.2) is 11.4 Å². The molecule has 0 saturated carbocycles. The highest BCUT2D eigenvalue weighted by molar-refractivity contribution is 7.10. The van der Waals surface area contributed by atoms with E-state index in [9.17, 15) is 4.79 Å². The smallest absolute Gasteiger partial charge is 0.322 e. The lowest BCUT2D eigenvalue weighted by atomic mass is 10.1. The summed E-state index contributed by atoms with van der Waals surface area (Å²) in [4.78, 5) is 13.0. The summed E-state index contributed by atoms with van der Waals surface area (Å²) >= 11 is 1.74. The van der Waals surface area contributed by atoms with Crippen LogP contribution in [0.2, 0.25) is 0 Å². The molecule has 0 radical (unpaired) electrons. The molecule has 3 nitrogen and oxygen atoms in total. The summed E-state index contributed by atoms with van der Waals surface area (Å²) < 4.78 is 4.84. The van der Waals surface area contributed by atoms with E-state index in [0.717, 1.165) is 32.2 Å². The van der Waals surface area contributed by atoms with Crippen molar-refractivity contribution in [3.8, 4) is 0 Å². The molecule has 1 unspecified atom stereocenters. The van der Waals surface area contributed by atoms with Gasteiger partial charge in [0, 0.05) is 11.4 Å². The Balaban J connectivity index is 2.53. The number of carbonyl (C=O) groups excluding carboxylic acids is 1. The Morgan fingerprint density at radius 1 is 1.50 bits per heavy atom. The molecule has 1 heterocycles. The number of rotatable bonds is 8. The topological polar surface area (TPSA) is 38.3 Å². The lowest BCUT2D eigenvalue weighted by molar-refractivity contribution is -0.143. The van der Waals surface area contributed by atoms with Crippen molar-refractivity contribution in [1.82, 2.24) is 5.32 Å². The van der Waals surface area contributed by atoms with Crippen LogP contribution in [0.3, 0.4) is 0 Å². The third-order valence-electron chi connectivity index (χ3n) is 3.06. The van der Waals surface area contributed by atoms with Crippen LogP contribution in [-0.4, -0.2) is 19.1 Å². The molecule has 1 N–H and O–H groups in total. The first-order valence-corrected chi connectivity index (χ1v) is 7.47. The van der Waals surface area contributed by atoms with Crippen molar-refractivity contribution in [1.29, 1.82) is 0 Å². The van der Waals surface area contributed by atoms with Crippen molar-refractivity contribution >= 4 is 17.3 Å². The van der Waals surface area contributed by atoms with Crippen LogP contribution in [0.4, 0.5) is 0 Å². The molecule has 0 aliphatic rings. The average Bonchev–Trinajstić information content (AvgIpc) is 2.85. The number of unbranched alkanes of at least 4 members (excludes halogenated alkanes) is 1. The Morgan fingerprint density at radius 2 is 2.28 bits per heavy atom. The van der Waals surface area contributed by atoms with Gasteiger partial charge in [-0.15, -0.1) is 11.3 Å². The highest BCUT2D eigenvalue weighted by Gasteiger charge is 2.18. The zero-order valence-electron chi connectivity index (χ0n) is 11.5. The second kappa shape index (κ2) is 8.27. The summed E-state index contributed by atoms with van der Waals surface area (Å²) in [6, 6.07) is 1.97. The van der Waals surface area contributed by atoms with Crippen LogP contribution in [0.5, 0.6) is 0 Å². The molecule has 0 amide bonds. The van der Waals surface area contributed by atoms with Gasteiger partial charge < -0.3 is 4.74 Å². The number of methoxy groups -OCH3 is 1. The van der Waals surface area contributed by atoms with Gasteiger partial charge >= 0.3 is 5.97 Å². The van der Waals surface area contributed by atoms with Gasteiger partial charge in [-0.25, -0.2) is 0 Å². The minimum Gasteiger partial charge on any atom is -0.468 e. The third kappa shape index (κ3) is 4.42. The number of carbonyl (C=O) groups is 1. The van der Waals surface area contributed by atoms with E-state index < -0.39 is 0 Å². The van der Waals surface area contributed by atoms with E-state index in [1.807, 2.05) is 0 Å². The molecule has 0 saturated heterocycles. The van der Waals surface area contributed by atoms with E-state index in [1.54, 1.807) is 11.3 Å². The van der Waals surface area contributed by atoms with Crippen LogP contribution < -0.4 is 5.32 Å². The molecule has 1 rings (SSSR count). The van der Waals surface area contributed by atoms with Gasteiger partial charge in [0.25, 0.3) is 0 Å². The van der Waals surface area contributed by atoms with Crippen LogP contribution in [0, 0.1) is 0 Å². The summed E-state index contributed by atoms with van der Waals surface area (Å²) in [6.45, 7) is 5.04. The maximum absolute atomic E-state index is 11.7. The summed E-state index contributed by atoms with van der Waals surface area (Å²) in [5, 5.41) is 5.42. The molecule has 0 fully saturated rings. The fourth-order valence-electron chi connectivity index (χ4n) is 1.91. The number of ether oxygens (including phenoxy) is 1. The van der Waals surface area contributed by atoms with Gasteiger partial charge in [-0.3, -0.25) is 10.1 Å². The van der Waals surface area contributed by atoms with Gasteiger partial charge in [-0.1, -0.05) is 26.7 Å². The highest BCUT2D eigenvalue weighted by atomic mass is 32.1. The fourth-order valence-corrected chi connectivity index (χ4v) is 2.83. The molecular weight excluding hydrogens is 246 g/mol. The predicted octanol–water partition coefficient (Wildman–Crippen LogP) is 3.13. The van der Waals surface area contributed by atoms with Gasteiger partial charge in [0.1, 0.15) is 6.04 Å². The largest absolute Gasteiger partial charge is 0.468 e. The standard InChI is InChI=1S/C14H23NO2S/c1-4-6-7-12(14(16)17-3)15-10-13-11(5-2)8-9-18-13/h8-9,12,15H,4-7,10H2,1-3H3. The first-order valence-electron chi connectivity index (χ1n) is 6.59. The first kappa shape index (κ1) is 15.2. The zero-order valence-corrected chi connectivity index (χ0v) is 12.3. The average molecular weight is 269 g/mol. The number of thiophene rings is 1. The van der Waals surface area contributed by atoms with E-state index in [-0.39, 0.29) is 12.0 Å². The predicted molar refractivity (Wildman–Crippen MR) is 75.9 cm³/mol. The van der Waals surface area contributed by atoms with Crippen molar-refractivity contribution in [2.45, 2.75) is 52.1 Å². The Hall–Kier alpha value is -0.870. The van der Waals surface area contributed by atoms with E-state index in [2.05, 4.69) is 30.6 Å². The molecule has 1 atom stereocenters. The fraction of sp³-hybridized carbons (Fsp3) is 0.643. The molecule has 0 spiro atoms. The lowest BCUT2D eigenvalue weighted by Gasteiger charge is -2.16. The van der Waals surface area contributed by atoms with Crippen molar-refractivity contribution < 1.29 is 9.53 Å². The van der Waals surface area contributed by atoms with Gasteiger partial charge in [0.05, 0.1) is 7.11 Å². The number of esters is 1. The zero-order chi connectivity index (χ0) is 13.4. The SMILES string of the molecule is CCCCC(NCc1sccc1CC)C(=O)OC. The van der Waals surface area contributed by atoms with Gasteiger partial charge in [0.2, 0.25) is 0 Å². The first-order chi connectivity index (χ1) is 8.72. The summed E-state index contributed by atoms with van der Waals surface area (Å²) in [5.74, 6) is -0.155. The Bertz CT molecular complexity index is 362. The monoisotopic (exact) mass is 269 g/mol. The number of hydrogen-bond donors (Lipinski definition) is 1. The Labute approximate surface area is 114 Å². The van der Waals surface area contributed by atoms with Crippen LogP contribution >= 0.6 is 11.3 Å². The molecular formula is C14H23NO2S. The van der Waals surface area contributed by atoms with Crippen LogP contribution in [0.1, 0.15) is 43.6 Å². The maximum Gasteiger partial charge on any atom is 0.322 e. The quantitative estimate of drug-likeness (QED) is 0.737. The van der Waals surface area contributed by atoms with Crippen LogP contribution in [-0.2, 0) is 22.5 Å². The van der Waals surface area contributed by atoms with E-state index >= 15 is 0 Å². The van der Waals surface area contributed by atoms with Gasteiger partial charge in [-0.05, 0) is 29.9 Å². The lowest BCUT2D eigenvalue weighted by Crippen LogP contribution is -2.37. The summed E-state index contributed by atoms with van der Waals surface area (Å²) in [7, 11) is 1.45. The minimum atomic E-state index is -0.179. The second-order valence-corrected chi connectivity index (χ2v) is 5.32.